The van der Waals surface area contributed by atoms with E-state index in [-0.39, 0.29) is 12.4 Å². The van der Waals surface area contributed by atoms with E-state index in [4.69, 9.17) is 16.7 Å². The van der Waals surface area contributed by atoms with E-state index in [1.54, 1.807) is 18.2 Å². The Bertz CT molecular complexity index is 321. The van der Waals surface area contributed by atoms with Crippen molar-refractivity contribution in [2.75, 3.05) is 0 Å². The summed E-state index contributed by atoms with van der Waals surface area (Å²) in [6, 6.07) is 5.26. The largest absolute Gasteiger partial charge is 0.392 e. The van der Waals surface area contributed by atoms with Crippen LogP contribution < -0.4 is 0 Å². The summed E-state index contributed by atoms with van der Waals surface area (Å²) in [6.07, 6.45) is 0.394. The van der Waals surface area contributed by atoms with E-state index in [0.717, 1.165) is 5.56 Å². The number of benzene rings is 1. The molecule has 0 aromatic heterocycles. The van der Waals surface area contributed by atoms with Crippen LogP contribution in [0, 0.1) is 0 Å². The molecule has 0 fully saturated rings. The number of hydrogen-bond donors (Lipinski definition) is 1. The molecule has 0 atom stereocenters. The van der Waals surface area contributed by atoms with Gasteiger partial charge in [0.2, 0.25) is 0 Å². The van der Waals surface area contributed by atoms with Gasteiger partial charge in [0.05, 0.1) is 6.61 Å². The molecule has 70 valence electrons. The molecule has 0 spiro atoms. The van der Waals surface area contributed by atoms with Crippen LogP contribution in [0.2, 0.25) is 5.02 Å². The Kier molecular flexibility index (Phi) is 3.46. The van der Waals surface area contributed by atoms with Crippen LogP contribution in [0.15, 0.2) is 18.2 Å². The zero-order chi connectivity index (χ0) is 9.84. The van der Waals surface area contributed by atoms with Gasteiger partial charge in [-0.3, -0.25) is 4.79 Å². The average molecular weight is 199 g/mol. The number of carbonyl (C=O) groups excluding carboxylic acids is 1. The van der Waals surface area contributed by atoms with Crippen LogP contribution in [0.3, 0.4) is 0 Å². The highest BCUT2D eigenvalue weighted by molar-refractivity contribution is 6.31. The van der Waals surface area contributed by atoms with Gasteiger partial charge in [0.1, 0.15) is 5.78 Å². The van der Waals surface area contributed by atoms with Crippen LogP contribution in [-0.2, 0) is 17.8 Å². The fourth-order valence-corrected chi connectivity index (χ4v) is 1.38. The fourth-order valence-electron chi connectivity index (χ4n) is 1.12. The lowest BCUT2D eigenvalue weighted by Crippen LogP contribution is -1.97. The highest BCUT2D eigenvalue weighted by atomic mass is 35.5. The number of rotatable bonds is 3. The van der Waals surface area contributed by atoms with Crippen molar-refractivity contribution in [1.29, 1.82) is 0 Å². The highest BCUT2D eigenvalue weighted by Crippen LogP contribution is 2.18. The predicted octanol–water partition coefficient (Wildman–Crippen LogP) is 1.96. The quantitative estimate of drug-likeness (QED) is 0.807. The van der Waals surface area contributed by atoms with Gasteiger partial charge >= 0.3 is 0 Å². The van der Waals surface area contributed by atoms with Crippen molar-refractivity contribution in [3.8, 4) is 0 Å². The summed E-state index contributed by atoms with van der Waals surface area (Å²) < 4.78 is 0. The highest BCUT2D eigenvalue weighted by Gasteiger charge is 2.02. The monoisotopic (exact) mass is 198 g/mol. The molecular weight excluding hydrogens is 188 g/mol. The first-order valence-electron chi connectivity index (χ1n) is 4.01. The first-order chi connectivity index (χ1) is 6.13. The Labute approximate surface area is 82.2 Å². The number of carbonyl (C=O) groups is 1. The van der Waals surface area contributed by atoms with Gasteiger partial charge in [-0.25, -0.2) is 0 Å². The number of halogens is 1. The molecule has 13 heavy (non-hydrogen) atoms. The molecule has 0 saturated carbocycles. The molecule has 1 N–H and O–H groups in total. The molecule has 0 radical (unpaired) electrons. The summed E-state index contributed by atoms with van der Waals surface area (Å²) in [5.41, 5.74) is 1.57. The third-order valence-corrected chi connectivity index (χ3v) is 2.09. The molecular formula is C10H11ClO2. The van der Waals surface area contributed by atoms with Gasteiger partial charge in [-0.05, 0) is 24.1 Å². The molecule has 0 heterocycles. The van der Waals surface area contributed by atoms with Crippen molar-refractivity contribution < 1.29 is 9.90 Å². The second kappa shape index (κ2) is 4.40. The van der Waals surface area contributed by atoms with Crippen molar-refractivity contribution in [2.45, 2.75) is 20.0 Å². The number of aliphatic hydroxyl groups excluding tert-OH is 1. The van der Waals surface area contributed by atoms with Crippen LogP contribution >= 0.6 is 11.6 Å². The Hall–Kier alpha value is -0.860. The van der Waals surface area contributed by atoms with E-state index in [0.29, 0.717) is 17.0 Å². The Balaban J connectivity index is 2.89. The van der Waals surface area contributed by atoms with E-state index >= 15 is 0 Å². The molecule has 0 unspecified atom stereocenters. The molecule has 0 aliphatic heterocycles. The summed E-state index contributed by atoms with van der Waals surface area (Å²) in [7, 11) is 0. The number of aliphatic hydroxyl groups is 1. The second-order valence-electron chi connectivity index (χ2n) is 2.96. The van der Waals surface area contributed by atoms with Gasteiger partial charge in [-0.15, -0.1) is 0 Å². The minimum atomic E-state index is -0.0703. The van der Waals surface area contributed by atoms with Crippen LogP contribution in [0.4, 0.5) is 0 Å². The zero-order valence-corrected chi connectivity index (χ0v) is 8.14. The summed E-state index contributed by atoms with van der Waals surface area (Å²) >= 11 is 5.84. The fraction of sp³-hybridized carbons (Fsp3) is 0.300. The molecule has 0 amide bonds. The Morgan fingerprint density at radius 1 is 1.54 bits per heavy atom. The SMILES string of the molecule is CC(=O)Cc1ccc(CO)c(Cl)c1. The first-order valence-corrected chi connectivity index (χ1v) is 4.39. The maximum atomic E-state index is 10.8. The van der Waals surface area contributed by atoms with E-state index in [2.05, 4.69) is 0 Å². The number of ketones is 1. The molecule has 1 aromatic rings. The van der Waals surface area contributed by atoms with Crippen LogP contribution in [0.25, 0.3) is 0 Å². The molecule has 1 rings (SSSR count). The van der Waals surface area contributed by atoms with Crippen LogP contribution in [0.1, 0.15) is 18.1 Å². The molecule has 0 bridgehead atoms. The third kappa shape index (κ3) is 2.83. The predicted molar refractivity (Wildman–Crippen MR) is 51.8 cm³/mol. The standard InChI is InChI=1S/C10H11ClO2/c1-7(13)4-8-2-3-9(6-12)10(11)5-8/h2-3,5,12H,4,6H2,1H3. The van der Waals surface area contributed by atoms with Crippen molar-refractivity contribution in [3.05, 3.63) is 34.3 Å². The summed E-state index contributed by atoms with van der Waals surface area (Å²) in [5.74, 6) is 0.104. The molecule has 3 heteroatoms. The van der Waals surface area contributed by atoms with E-state index in [1.165, 1.54) is 6.92 Å². The second-order valence-corrected chi connectivity index (χ2v) is 3.37. The minimum Gasteiger partial charge on any atom is -0.392 e. The Morgan fingerprint density at radius 3 is 2.69 bits per heavy atom. The maximum Gasteiger partial charge on any atom is 0.134 e. The first kappa shape index (κ1) is 10.2. The molecule has 0 aliphatic rings. The summed E-state index contributed by atoms with van der Waals surface area (Å²) in [5, 5.41) is 9.35. The number of Topliss-reactive ketones (excluding diaryl/α,β-unsaturated/α-hetero) is 1. The molecule has 0 aliphatic carbocycles. The van der Waals surface area contributed by atoms with Gasteiger partial charge in [0.25, 0.3) is 0 Å². The van der Waals surface area contributed by atoms with Gasteiger partial charge in [0, 0.05) is 11.4 Å². The van der Waals surface area contributed by atoms with E-state index in [1.807, 2.05) is 0 Å². The minimum absolute atomic E-state index is 0.0703. The van der Waals surface area contributed by atoms with Crippen molar-refractivity contribution in [2.24, 2.45) is 0 Å². The smallest absolute Gasteiger partial charge is 0.134 e. The van der Waals surface area contributed by atoms with E-state index < -0.39 is 0 Å². The van der Waals surface area contributed by atoms with Crippen molar-refractivity contribution in [3.63, 3.8) is 0 Å². The molecule has 0 saturated heterocycles. The lowest BCUT2D eigenvalue weighted by molar-refractivity contribution is -0.116. The van der Waals surface area contributed by atoms with Gasteiger partial charge in [-0.2, -0.15) is 0 Å². The van der Waals surface area contributed by atoms with E-state index in [9.17, 15) is 4.79 Å². The van der Waals surface area contributed by atoms with Gasteiger partial charge in [0.15, 0.2) is 0 Å². The molecule has 1 aromatic carbocycles. The third-order valence-electron chi connectivity index (χ3n) is 1.74. The average Bonchev–Trinajstić information content (AvgIpc) is 2.03. The number of hydrogen-bond acceptors (Lipinski definition) is 2. The van der Waals surface area contributed by atoms with Crippen molar-refractivity contribution >= 4 is 17.4 Å². The zero-order valence-electron chi connectivity index (χ0n) is 7.38. The Morgan fingerprint density at radius 2 is 2.23 bits per heavy atom. The van der Waals surface area contributed by atoms with Crippen molar-refractivity contribution in [1.82, 2.24) is 0 Å². The maximum absolute atomic E-state index is 10.8. The summed E-state index contributed by atoms with van der Waals surface area (Å²) in [4.78, 5) is 10.8. The lowest BCUT2D eigenvalue weighted by Gasteiger charge is -2.02. The lowest BCUT2D eigenvalue weighted by atomic mass is 10.1. The van der Waals surface area contributed by atoms with Crippen LogP contribution in [-0.4, -0.2) is 10.9 Å². The van der Waals surface area contributed by atoms with Gasteiger partial charge in [-0.1, -0.05) is 23.7 Å². The topological polar surface area (TPSA) is 37.3 Å². The normalized spacial score (nSPS) is 10.1. The van der Waals surface area contributed by atoms with Gasteiger partial charge < -0.3 is 5.11 Å². The summed E-state index contributed by atoms with van der Waals surface area (Å²) in [6.45, 7) is 1.47. The molecule has 2 nitrogen and oxygen atoms in total. The van der Waals surface area contributed by atoms with Crippen LogP contribution in [0.5, 0.6) is 0 Å².